The number of rotatable bonds is 5. The minimum absolute atomic E-state index is 0. The molecule has 1 saturated heterocycles. The molecule has 3 N–H and O–H groups in total. The van der Waals surface area contributed by atoms with Crippen LogP contribution in [-0.2, 0) is 16.1 Å². The van der Waals surface area contributed by atoms with Gasteiger partial charge in [0.1, 0.15) is 12.7 Å². The lowest BCUT2D eigenvalue weighted by Gasteiger charge is -2.34. The van der Waals surface area contributed by atoms with Gasteiger partial charge in [0.15, 0.2) is 0 Å². The highest BCUT2D eigenvalue weighted by Crippen LogP contribution is 2.30. The molecule has 0 spiro atoms. The van der Waals surface area contributed by atoms with Gasteiger partial charge in [0.2, 0.25) is 5.91 Å². The number of amides is 1. The lowest BCUT2D eigenvalue weighted by atomic mass is 9.79. The maximum Gasteiger partial charge on any atom is 0.232 e. The van der Waals surface area contributed by atoms with E-state index in [9.17, 15) is 4.79 Å². The van der Waals surface area contributed by atoms with Crippen LogP contribution in [0.5, 0.6) is 0 Å². The fraction of sp³-hybridized carbons (Fsp3) is 0.438. The van der Waals surface area contributed by atoms with E-state index >= 15 is 0 Å². The smallest absolute Gasteiger partial charge is 0.232 e. The van der Waals surface area contributed by atoms with Gasteiger partial charge in [0.25, 0.3) is 0 Å². The van der Waals surface area contributed by atoms with Gasteiger partial charge in [-0.15, -0.1) is 24.8 Å². The zero-order valence-corrected chi connectivity index (χ0v) is 15.4. The Morgan fingerprint density at radius 2 is 1.92 bits per heavy atom. The largest absolute Gasteiger partial charge is 0.381 e. The number of benzene rings is 1. The summed E-state index contributed by atoms with van der Waals surface area (Å²) in [5, 5.41) is 7.05. The SMILES string of the molecule is Cl.Cl.NCC1(C(=O)Nc2ccc(Cn3cncn3)cc2)CCOCC1. The molecule has 1 amide bonds. The number of ether oxygens (including phenoxy) is 1. The van der Waals surface area contributed by atoms with Crippen LogP contribution >= 0.6 is 24.8 Å². The van der Waals surface area contributed by atoms with Crippen molar-refractivity contribution in [3.63, 3.8) is 0 Å². The summed E-state index contributed by atoms with van der Waals surface area (Å²) in [7, 11) is 0. The number of hydrogen-bond donors (Lipinski definition) is 2. The first-order valence-electron chi connectivity index (χ1n) is 7.72. The number of halogens is 2. The number of nitrogens with zero attached hydrogens (tertiary/aromatic N) is 3. The van der Waals surface area contributed by atoms with Gasteiger partial charge in [-0.3, -0.25) is 4.79 Å². The zero-order chi connectivity index (χ0) is 16.1. The standard InChI is InChI=1S/C16H21N5O2.2ClH/c17-10-16(5-7-23-8-6-16)15(22)20-14-3-1-13(2-4-14)9-21-12-18-11-19-21;;/h1-4,11-12H,5-10,17H2,(H,20,22);2*1H. The van der Waals surface area contributed by atoms with E-state index in [4.69, 9.17) is 10.5 Å². The summed E-state index contributed by atoms with van der Waals surface area (Å²) in [6.45, 7) is 2.16. The first kappa shape index (κ1) is 21.4. The van der Waals surface area contributed by atoms with E-state index in [1.807, 2.05) is 24.3 Å². The fourth-order valence-electron chi connectivity index (χ4n) is 2.74. The van der Waals surface area contributed by atoms with Gasteiger partial charge in [-0.05, 0) is 30.5 Å². The van der Waals surface area contributed by atoms with Gasteiger partial charge < -0.3 is 15.8 Å². The van der Waals surface area contributed by atoms with Gasteiger partial charge in [-0.1, -0.05) is 12.1 Å². The lowest BCUT2D eigenvalue weighted by molar-refractivity contribution is -0.130. The van der Waals surface area contributed by atoms with Crippen LogP contribution in [0.25, 0.3) is 0 Å². The number of hydrogen-bond acceptors (Lipinski definition) is 5. The Kier molecular flexibility index (Phi) is 8.31. The molecular weight excluding hydrogens is 365 g/mol. The molecule has 0 saturated carbocycles. The minimum atomic E-state index is -0.516. The molecule has 0 unspecified atom stereocenters. The van der Waals surface area contributed by atoms with Gasteiger partial charge in [-0.2, -0.15) is 5.10 Å². The first-order valence-corrected chi connectivity index (χ1v) is 7.72. The van der Waals surface area contributed by atoms with Crippen molar-refractivity contribution in [2.24, 2.45) is 11.1 Å². The maximum atomic E-state index is 12.6. The molecule has 1 aromatic heterocycles. The van der Waals surface area contributed by atoms with Gasteiger partial charge in [0, 0.05) is 25.4 Å². The number of carbonyl (C=O) groups excluding carboxylic acids is 1. The second kappa shape index (κ2) is 9.72. The van der Waals surface area contributed by atoms with Crippen LogP contribution < -0.4 is 11.1 Å². The van der Waals surface area contributed by atoms with Crippen LogP contribution in [0, 0.1) is 5.41 Å². The van der Waals surface area contributed by atoms with E-state index in [0.717, 1.165) is 11.3 Å². The average Bonchev–Trinajstić information content (AvgIpc) is 3.10. The van der Waals surface area contributed by atoms with E-state index in [1.165, 1.54) is 6.33 Å². The highest BCUT2D eigenvalue weighted by atomic mass is 35.5. The van der Waals surface area contributed by atoms with Crippen molar-refractivity contribution >= 4 is 36.4 Å². The number of carbonyl (C=O) groups is 1. The van der Waals surface area contributed by atoms with E-state index in [-0.39, 0.29) is 30.7 Å². The Hall–Kier alpha value is -1.67. The summed E-state index contributed by atoms with van der Waals surface area (Å²) in [6, 6.07) is 7.73. The van der Waals surface area contributed by atoms with Crippen molar-refractivity contribution in [1.82, 2.24) is 14.8 Å². The Morgan fingerprint density at radius 1 is 1.24 bits per heavy atom. The molecule has 0 atom stereocenters. The molecule has 25 heavy (non-hydrogen) atoms. The molecule has 0 bridgehead atoms. The Labute approximate surface area is 159 Å². The fourth-order valence-corrected chi connectivity index (χ4v) is 2.74. The molecule has 1 aromatic carbocycles. The molecule has 1 aliphatic rings. The summed E-state index contributed by atoms with van der Waals surface area (Å²) in [4.78, 5) is 16.5. The maximum absolute atomic E-state index is 12.6. The Balaban J connectivity index is 0.00000156. The van der Waals surface area contributed by atoms with Crippen molar-refractivity contribution in [3.8, 4) is 0 Å². The minimum Gasteiger partial charge on any atom is -0.381 e. The number of anilines is 1. The average molecular weight is 388 g/mol. The van der Waals surface area contributed by atoms with Crippen LogP contribution in [0.3, 0.4) is 0 Å². The van der Waals surface area contributed by atoms with E-state index in [1.54, 1.807) is 11.0 Å². The predicted molar refractivity (Wildman–Crippen MR) is 100 cm³/mol. The predicted octanol–water partition coefficient (Wildman–Crippen LogP) is 1.86. The quantitative estimate of drug-likeness (QED) is 0.816. The van der Waals surface area contributed by atoms with Crippen LogP contribution in [-0.4, -0.2) is 40.4 Å². The third kappa shape index (κ3) is 5.15. The van der Waals surface area contributed by atoms with Gasteiger partial charge in [-0.25, -0.2) is 9.67 Å². The summed E-state index contributed by atoms with van der Waals surface area (Å²) in [5.74, 6) is -0.0210. The van der Waals surface area contributed by atoms with E-state index in [2.05, 4.69) is 15.4 Å². The molecule has 0 aliphatic carbocycles. The third-order valence-corrected chi connectivity index (χ3v) is 4.35. The number of nitrogens with two attached hydrogens (primary N) is 1. The van der Waals surface area contributed by atoms with Crippen molar-refractivity contribution in [2.45, 2.75) is 19.4 Å². The molecule has 0 radical (unpaired) electrons. The van der Waals surface area contributed by atoms with Crippen molar-refractivity contribution in [3.05, 3.63) is 42.5 Å². The molecule has 2 aromatic rings. The molecule has 9 heteroatoms. The molecule has 1 aliphatic heterocycles. The van der Waals surface area contributed by atoms with Crippen molar-refractivity contribution in [2.75, 3.05) is 25.1 Å². The summed E-state index contributed by atoms with van der Waals surface area (Å²) >= 11 is 0. The van der Waals surface area contributed by atoms with Crippen LogP contribution in [0.15, 0.2) is 36.9 Å². The van der Waals surface area contributed by atoms with E-state index < -0.39 is 5.41 Å². The zero-order valence-electron chi connectivity index (χ0n) is 13.8. The Morgan fingerprint density at radius 3 is 2.48 bits per heavy atom. The second-order valence-electron chi connectivity index (χ2n) is 5.84. The van der Waals surface area contributed by atoms with Crippen LogP contribution in [0.2, 0.25) is 0 Å². The summed E-state index contributed by atoms with van der Waals surface area (Å²) in [5.41, 5.74) is 7.21. The van der Waals surface area contributed by atoms with E-state index in [0.29, 0.717) is 39.1 Å². The highest BCUT2D eigenvalue weighted by molar-refractivity contribution is 5.95. The topological polar surface area (TPSA) is 95.1 Å². The molecule has 3 rings (SSSR count). The lowest BCUT2D eigenvalue weighted by Crippen LogP contribution is -2.46. The number of nitrogens with one attached hydrogen (secondary N) is 1. The highest BCUT2D eigenvalue weighted by Gasteiger charge is 2.38. The third-order valence-electron chi connectivity index (χ3n) is 4.35. The molecular formula is C16H23Cl2N5O2. The van der Waals surface area contributed by atoms with Crippen molar-refractivity contribution < 1.29 is 9.53 Å². The normalized spacial score (nSPS) is 15.6. The number of aromatic nitrogens is 3. The second-order valence-corrected chi connectivity index (χ2v) is 5.84. The van der Waals surface area contributed by atoms with Crippen molar-refractivity contribution in [1.29, 1.82) is 0 Å². The molecule has 138 valence electrons. The monoisotopic (exact) mass is 387 g/mol. The van der Waals surface area contributed by atoms with Crippen LogP contribution in [0.1, 0.15) is 18.4 Å². The summed E-state index contributed by atoms with van der Waals surface area (Å²) < 4.78 is 7.09. The van der Waals surface area contributed by atoms with Crippen LogP contribution in [0.4, 0.5) is 5.69 Å². The molecule has 1 fully saturated rings. The first-order chi connectivity index (χ1) is 11.2. The van der Waals surface area contributed by atoms with Gasteiger partial charge >= 0.3 is 0 Å². The van der Waals surface area contributed by atoms with Gasteiger partial charge in [0.05, 0.1) is 12.0 Å². The summed E-state index contributed by atoms with van der Waals surface area (Å²) in [6.07, 6.45) is 4.51. The molecule has 2 heterocycles. The Bertz CT molecular complexity index is 643. The molecule has 7 nitrogen and oxygen atoms in total.